The molecule has 1 aromatic heterocycles. The van der Waals surface area contributed by atoms with Crippen LogP contribution >= 0.6 is 0 Å². The van der Waals surface area contributed by atoms with E-state index in [-0.39, 0.29) is 12.3 Å². The number of hydrogen-bond donors (Lipinski definition) is 2. The van der Waals surface area contributed by atoms with Gasteiger partial charge in [0.05, 0.1) is 19.3 Å². The summed E-state index contributed by atoms with van der Waals surface area (Å²) < 4.78 is 5.31. The summed E-state index contributed by atoms with van der Waals surface area (Å²) in [6, 6.07) is 13.6. The Morgan fingerprint density at radius 2 is 2.05 bits per heavy atom. The molecule has 3 aromatic rings. The maximum absolute atomic E-state index is 12.5. The topological polar surface area (TPSA) is 54.1 Å². The van der Waals surface area contributed by atoms with Crippen LogP contribution in [-0.4, -0.2) is 24.4 Å². The molecule has 0 amide bonds. The van der Waals surface area contributed by atoms with Crippen molar-refractivity contribution in [1.82, 2.24) is 4.98 Å². The van der Waals surface area contributed by atoms with Crippen LogP contribution in [0.2, 0.25) is 0 Å². The summed E-state index contributed by atoms with van der Waals surface area (Å²) in [5.41, 5.74) is 3.62. The van der Waals surface area contributed by atoms with Crippen LogP contribution in [0.15, 0.2) is 48.7 Å². The third kappa shape index (κ3) is 2.68. The molecule has 2 aromatic carbocycles. The first-order valence-electron chi connectivity index (χ1n) is 7.17. The van der Waals surface area contributed by atoms with Crippen LogP contribution in [0.1, 0.15) is 15.9 Å². The van der Waals surface area contributed by atoms with E-state index in [0.29, 0.717) is 5.56 Å². The van der Waals surface area contributed by atoms with Crippen LogP contribution in [0.3, 0.4) is 0 Å². The maximum Gasteiger partial charge on any atom is 0.184 e. The van der Waals surface area contributed by atoms with Gasteiger partial charge in [0.15, 0.2) is 5.78 Å². The molecule has 3 rings (SSSR count). The van der Waals surface area contributed by atoms with Gasteiger partial charge in [-0.05, 0) is 30.7 Å². The Hall–Kier alpha value is -2.75. The van der Waals surface area contributed by atoms with Crippen LogP contribution in [0.25, 0.3) is 10.9 Å². The Morgan fingerprint density at radius 3 is 2.86 bits per heavy atom. The van der Waals surface area contributed by atoms with E-state index in [9.17, 15) is 4.79 Å². The number of hydrogen-bond acceptors (Lipinski definition) is 3. The number of ether oxygens (including phenoxy) is 1. The number of carbonyl (C=O) groups excluding carboxylic acids is 1. The van der Waals surface area contributed by atoms with Gasteiger partial charge in [-0.2, -0.15) is 0 Å². The normalized spacial score (nSPS) is 10.6. The number of nitrogens with one attached hydrogen (secondary N) is 2. The first-order chi connectivity index (χ1) is 10.7. The van der Waals surface area contributed by atoms with Crippen molar-refractivity contribution in [2.24, 2.45) is 0 Å². The average Bonchev–Trinajstić information content (AvgIpc) is 2.97. The first-order valence-corrected chi connectivity index (χ1v) is 7.17. The average molecular weight is 294 g/mol. The van der Waals surface area contributed by atoms with Gasteiger partial charge in [-0.1, -0.05) is 24.3 Å². The van der Waals surface area contributed by atoms with E-state index in [4.69, 9.17) is 4.74 Å². The molecule has 0 aliphatic heterocycles. The first kappa shape index (κ1) is 14.2. The summed E-state index contributed by atoms with van der Waals surface area (Å²) in [6.07, 6.45) is 1.77. The van der Waals surface area contributed by atoms with Crippen LogP contribution in [0, 0.1) is 6.92 Å². The van der Waals surface area contributed by atoms with Gasteiger partial charge in [-0.15, -0.1) is 0 Å². The second-order valence-electron chi connectivity index (χ2n) is 5.23. The molecule has 0 saturated heterocycles. The van der Waals surface area contributed by atoms with Crippen LogP contribution in [0.4, 0.5) is 5.69 Å². The molecule has 0 bridgehead atoms. The Labute approximate surface area is 129 Å². The van der Waals surface area contributed by atoms with Gasteiger partial charge in [0, 0.05) is 22.7 Å². The number of methoxy groups -OCH3 is 1. The van der Waals surface area contributed by atoms with Crippen molar-refractivity contribution in [3.63, 3.8) is 0 Å². The molecule has 2 N–H and O–H groups in total. The highest BCUT2D eigenvalue weighted by Gasteiger charge is 2.12. The van der Waals surface area contributed by atoms with Gasteiger partial charge in [-0.25, -0.2) is 0 Å². The molecule has 112 valence electrons. The van der Waals surface area contributed by atoms with Crippen LogP contribution < -0.4 is 10.1 Å². The molecule has 0 aliphatic rings. The number of rotatable bonds is 5. The van der Waals surface area contributed by atoms with Crippen molar-refractivity contribution in [2.45, 2.75) is 6.92 Å². The standard InChI is InChI=1S/C18H18N2O2/c1-12-7-8-18(22-2)16(9-12)20-11-17(21)14-10-19-15-6-4-3-5-13(14)15/h3-10,19-20H,11H2,1-2H3. The highest BCUT2D eigenvalue weighted by molar-refractivity contribution is 6.09. The van der Waals surface area contributed by atoms with Crippen molar-refractivity contribution >= 4 is 22.4 Å². The lowest BCUT2D eigenvalue weighted by Crippen LogP contribution is -2.14. The van der Waals surface area contributed by atoms with Gasteiger partial charge >= 0.3 is 0 Å². The van der Waals surface area contributed by atoms with E-state index in [1.165, 1.54) is 0 Å². The van der Waals surface area contributed by atoms with E-state index < -0.39 is 0 Å². The van der Waals surface area contributed by atoms with E-state index in [1.807, 2.05) is 49.4 Å². The summed E-state index contributed by atoms with van der Waals surface area (Å²) in [5, 5.41) is 4.12. The monoisotopic (exact) mass is 294 g/mol. The Balaban J connectivity index is 1.79. The zero-order valence-corrected chi connectivity index (χ0v) is 12.6. The number of benzene rings is 2. The molecular formula is C18H18N2O2. The third-order valence-electron chi connectivity index (χ3n) is 3.68. The molecule has 4 nitrogen and oxygen atoms in total. The Morgan fingerprint density at radius 1 is 1.23 bits per heavy atom. The van der Waals surface area contributed by atoms with E-state index in [0.717, 1.165) is 27.9 Å². The Bertz CT molecular complexity index is 821. The van der Waals surface area contributed by atoms with Crippen molar-refractivity contribution in [2.75, 3.05) is 19.0 Å². The lowest BCUT2D eigenvalue weighted by molar-refractivity contribution is 0.101. The van der Waals surface area contributed by atoms with Crippen molar-refractivity contribution in [3.05, 3.63) is 59.8 Å². The molecule has 0 spiro atoms. The second kappa shape index (κ2) is 5.93. The van der Waals surface area contributed by atoms with E-state index in [1.54, 1.807) is 13.3 Å². The molecule has 0 radical (unpaired) electrons. The summed E-state index contributed by atoms with van der Waals surface area (Å²) in [4.78, 5) is 15.6. The number of fused-ring (bicyclic) bond motifs is 1. The molecule has 0 saturated carbocycles. The van der Waals surface area contributed by atoms with E-state index in [2.05, 4.69) is 10.3 Å². The number of anilines is 1. The Kier molecular flexibility index (Phi) is 3.83. The zero-order chi connectivity index (χ0) is 15.5. The molecule has 1 heterocycles. The van der Waals surface area contributed by atoms with Gasteiger partial charge < -0.3 is 15.0 Å². The summed E-state index contributed by atoms with van der Waals surface area (Å²) in [5.74, 6) is 0.776. The fraction of sp³-hybridized carbons (Fsp3) is 0.167. The van der Waals surface area contributed by atoms with Gasteiger partial charge in [0.2, 0.25) is 0 Å². The second-order valence-corrected chi connectivity index (χ2v) is 5.23. The fourth-order valence-electron chi connectivity index (χ4n) is 2.53. The fourth-order valence-corrected chi connectivity index (χ4v) is 2.53. The minimum Gasteiger partial charge on any atom is -0.495 e. The third-order valence-corrected chi connectivity index (χ3v) is 3.68. The molecule has 0 atom stereocenters. The minimum absolute atomic E-state index is 0.0426. The zero-order valence-electron chi connectivity index (χ0n) is 12.6. The van der Waals surface area contributed by atoms with Crippen molar-refractivity contribution < 1.29 is 9.53 Å². The maximum atomic E-state index is 12.5. The number of aromatic nitrogens is 1. The van der Waals surface area contributed by atoms with Gasteiger partial charge in [0.25, 0.3) is 0 Å². The number of Topliss-reactive ketones (excluding diaryl/α,β-unsaturated/α-hetero) is 1. The highest BCUT2D eigenvalue weighted by Crippen LogP contribution is 2.25. The predicted octanol–water partition coefficient (Wildman–Crippen LogP) is 3.78. The van der Waals surface area contributed by atoms with Crippen LogP contribution in [0.5, 0.6) is 5.75 Å². The number of ketones is 1. The highest BCUT2D eigenvalue weighted by atomic mass is 16.5. The molecule has 0 fully saturated rings. The number of aromatic amines is 1. The van der Waals surface area contributed by atoms with Gasteiger partial charge in [0.1, 0.15) is 5.75 Å². The van der Waals surface area contributed by atoms with E-state index >= 15 is 0 Å². The number of H-pyrrole nitrogens is 1. The minimum atomic E-state index is 0.0426. The lowest BCUT2D eigenvalue weighted by Gasteiger charge is -2.11. The predicted molar refractivity (Wildman–Crippen MR) is 88.8 cm³/mol. The molecule has 22 heavy (non-hydrogen) atoms. The molecular weight excluding hydrogens is 276 g/mol. The summed E-state index contributed by atoms with van der Waals surface area (Å²) >= 11 is 0. The number of para-hydroxylation sites is 1. The largest absolute Gasteiger partial charge is 0.495 e. The molecule has 0 unspecified atom stereocenters. The number of carbonyl (C=O) groups is 1. The summed E-state index contributed by atoms with van der Waals surface area (Å²) in [7, 11) is 1.62. The SMILES string of the molecule is COc1ccc(C)cc1NCC(=O)c1c[nH]c2ccccc12. The quantitative estimate of drug-likeness (QED) is 0.704. The smallest absolute Gasteiger partial charge is 0.184 e. The number of aryl methyl sites for hydroxylation is 1. The molecule has 4 heteroatoms. The molecule has 0 aliphatic carbocycles. The van der Waals surface area contributed by atoms with Crippen LogP contribution in [-0.2, 0) is 0 Å². The van der Waals surface area contributed by atoms with Crippen molar-refractivity contribution in [3.8, 4) is 5.75 Å². The lowest BCUT2D eigenvalue weighted by atomic mass is 10.1. The van der Waals surface area contributed by atoms with Crippen molar-refractivity contribution in [1.29, 1.82) is 0 Å². The van der Waals surface area contributed by atoms with Gasteiger partial charge in [-0.3, -0.25) is 4.79 Å². The summed E-state index contributed by atoms with van der Waals surface area (Å²) in [6.45, 7) is 2.23.